The van der Waals surface area contributed by atoms with Gasteiger partial charge < -0.3 is 10.4 Å². The number of carbonyl (C=O) groups is 1. The first-order valence-corrected chi connectivity index (χ1v) is 9.29. The summed E-state index contributed by atoms with van der Waals surface area (Å²) >= 11 is 0. The monoisotopic (exact) mass is 407 g/mol. The van der Waals surface area contributed by atoms with Crippen LogP contribution in [0.4, 0.5) is 17.6 Å². The van der Waals surface area contributed by atoms with E-state index in [4.69, 9.17) is 0 Å². The first kappa shape index (κ1) is 21.1. The Bertz CT molecular complexity index is 938. The van der Waals surface area contributed by atoms with Crippen LogP contribution in [0, 0.1) is 11.7 Å². The van der Waals surface area contributed by atoms with E-state index in [1.807, 2.05) is 5.32 Å². The minimum absolute atomic E-state index is 0.620. The molecule has 1 aliphatic rings. The van der Waals surface area contributed by atoms with E-state index >= 15 is 0 Å². The molecule has 0 aliphatic heterocycles. The van der Waals surface area contributed by atoms with Crippen molar-refractivity contribution < 1.29 is 35.9 Å². The molecular formula is C17H17F4NO4S. The lowest BCUT2D eigenvalue weighted by atomic mass is 9.92. The number of sulfone groups is 1. The highest BCUT2D eigenvalue weighted by molar-refractivity contribution is 7.93. The van der Waals surface area contributed by atoms with Gasteiger partial charge in [-0.1, -0.05) is 13.8 Å². The average molecular weight is 407 g/mol. The fraction of sp³-hybridized carbons (Fsp3) is 0.353. The van der Waals surface area contributed by atoms with Crippen molar-refractivity contribution in [2.45, 2.75) is 36.5 Å². The van der Waals surface area contributed by atoms with Gasteiger partial charge in [-0.15, -0.1) is 0 Å². The lowest BCUT2D eigenvalue weighted by Crippen LogP contribution is -2.53. The van der Waals surface area contributed by atoms with E-state index in [1.54, 1.807) is 0 Å². The third kappa shape index (κ3) is 3.27. The minimum atomic E-state index is -4.86. The van der Waals surface area contributed by atoms with Gasteiger partial charge in [0.05, 0.1) is 10.6 Å². The van der Waals surface area contributed by atoms with Crippen LogP contribution in [0.25, 0.3) is 0 Å². The Hall–Kier alpha value is -2.20. The number of hydrogen-bond acceptors (Lipinski definition) is 4. The quantitative estimate of drug-likeness (QED) is 0.594. The standard InChI is InChI=1S/C17H17F4NO4S/c1-8(2)16(24)22-13-11(19)12(20)14(21)17(3,15(13)23)27(25,26)10-6-4-9(18)5-7-10/h4-8,15,23H,1-3H3,(H,22,24). The highest BCUT2D eigenvalue weighted by Gasteiger charge is 2.57. The average Bonchev–Trinajstić information content (AvgIpc) is 2.61. The molecule has 0 heterocycles. The van der Waals surface area contributed by atoms with Gasteiger partial charge in [-0.05, 0) is 31.2 Å². The molecule has 0 fully saturated rings. The predicted molar refractivity (Wildman–Crippen MR) is 88.4 cm³/mol. The highest BCUT2D eigenvalue weighted by atomic mass is 32.2. The summed E-state index contributed by atoms with van der Waals surface area (Å²) in [5.41, 5.74) is -1.10. The van der Waals surface area contributed by atoms with E-state index in [0.29, 0.717) is 6.92 Å². The van der Waals surface area contributed by atoms with E-state index < -0.39 is 66.4 Å². The number of hydrogen-bond donors (Lipinski definition) is 2. The van der Waals surface area contributed by atoms with Gasteiger partial charge >= 0.3 is 0 Å². The van der Waals surface area contributed by atoms with Crippen molar-refractivity contribution in [2.24, 2.45) is 5.92 Å². The zero-order valence-electron chi connectivity index (χ0n) is 14.6. The van der Waals surface area contributed by atoms with Crippen LogP contribution in [-0.4, -0.2) is 30.3 Å². The molecule has 0 saturated heterocycles. The van der Waals surface area contributed by atoms with Crippen LogP contribution in [0.2, 0.25) is 0 Å². The minimum Gasteiger partial charge on any atom is -0.385 e. The predicted octanol–water partition coefficient (Wildman–Crippen LogP) is 2.84. The van der Waals surface area contributed by atoms with Crippen LogP contribution in [-0.2, 0) is 14.6 Å². The summed E-state index contributed by atoms with van der Waals surface area (Å²) < 4.78 is 78.7. The van der Waals surface area contributed by atoms with Crippen molar-refractivity contribution in [3.63, 3.8) is 0 Å². The van der Waals surface area contributed by atoms with Gasteiger partial charge in [-0.3, -0.25) is 4.79 Å². The number of amides is 1. The second-order valence-corrected chi connectivity index (χ2v) is 8.79. The molecule has 0 spiro atoms. The van der Waals surface area contributed by atoms with Gasteiger partial charge in [0, 0.05) is 5.92 Å². The Morgan fingerprint density at radius 1 is 1.11 bits per heavy atom. The molecule has 0 radical (unpaired) electrons. The Labute approximate surface area is 153 Å². The first-order chi connectivity index (χ1) is 12.4. The van der Waals surface area contributed by atoms with Crippen molar-refractivity contribution >= 4 is 15.7 Å². The smallest absolute Gasteiger partial charge is 0.226 e. The van der Waals surface area contributed by atoms with Crippen molar-refractivity contribution in [1.82, 2.24) is 5.32 Å². The zero-order valence-corrected chi connectivity index (χ0v) is 15.4. The summed E-state index contributed by atoms with van der Waals surface area (Å²) in [6.45, 7) is 3.49. The zero-order chi connectivity index (χ0) is 20.7. The van der Waals surface area contributed by atoms with Crippen LogP contribution in [0.3, 0.4) is 0 Å². The summed E-state index contributed by atoms with van der Waals surface area (Å²) in [6.07, 6.45) is -2.46. The van der Waals surface area contributed by atoms with Gasteiger partial charge in [-0.2, -0.15) is 0 Å². The largest absolute Gasteiger partial charge is 0.385 e. The van der Waals surface area contributed by atoms with Gasteiger partial charge in [0.15, 0.2) is 32.1 Å². The molecule has 0 saturated carbocycles. The van der Waals surface area contributed by atoms with Gasteiger partial charge in [-0.25, -0.2) is 26.0 Å². The van der Waals surface area contributed by atoms with Gasteiger partial charge in [0.2, 0.25) is 5.91 Å². The topological polar surface area (TPSA) is 83.5 Å². The maximum atomic E-state index is 14.6. The third-order valence-electron chi connectivity index (χ3n) is 4.32. The Kier molecular flexibility index (Phi) is 5.53. The molecule has 148 valence electrons. The molecule has 5 nitrogen and oxygen atoms in total. The fourth-order valence-corrected chi connectivity index (χ4v) is 4.19. The van der Waals surface area contributed by atoms with Crippen LogP contribution in [0.5, 0.6) is 0 Å². The maximum absolute atomic E-state index is 14.6. The molecule has 27 heavy (non-hydrogen) atoms. The lowest BCUT2D eigenvalue weighted by Gasteiger charge is -2.37. The summed E-state index contributed by atoms with van der Waals surface area (Å²) in [5.74, 6) is -8.43. The number of nitrogens with one attached hydrogen (secondary N) is 1. The molecular weight excluding hydrogens is 390 g/mol. The summed E-state index contributed by atoms with van der Waals surface area (Å²) in [7, 11) is -4.86. The Morgan fingerprint density at radius 3 is 2.11 bits per heavy atom. The molecule has 2 N–H and O–H groups in total. The van der Waals surface area contributed by atoms with Gasteiger partial charge in [0.25, 0.3) is 0 Å². The van der Waals surface area contributed by atoms with E-state index in [2.05, 4.69) is 0 Å². The van der Waals surface area contributed by atoms with E-state index in [1.165, 1.54) is 13.8 Å². The van der Waals surface area contributed by atoms with Crippen LogP contribution >= 0.6 is 0 Å². The number of aliphatic hydroxyl groups excluding tert-OH is 1. The van der Waals surface area contributed by atoms with Crippen LogP contribution in [0.15, 0.2) is 52.3 Å². The van der Waals surface area contributed by atoms with Crippen molar-refractivity contribution in [3.05, 3.63) is 53.3 Å². The van der Waals surface area contributed by atoms with Crippen LogP contribution in [0.1, 0.15) is 20.8 Å². The second-order valence-electron chi connectivity index (χ2n) is 6.47. The summed E-state index contributed by atoms with van der Waals surface area (Å²) in [4.78, 5) is 11.2. The third-order valence-corrected chi connectivity index (χ3v) is 6.73. The fourth-order valence-electron chi connectivity index (χ4n) is 2.47. The van der Waals surface area contributed by atoms with Crippen molar-refractivity contribution in [2.75, 3.05) is 0 Å². The number of halogens is 4. The second kappa shape index (κ2) is 7.08. The molecule has 1 aromatic carbocycles. The molecule has 2 rings (SSSR count). The normalized spacial score (nSPS) is 23.8. The molecule has 1 aromatic rings. The Morgan fingerprint density at radius 2 is 1.63 bits per heavy atom. The summed E-state index contributed by atoms with van der Waals surface area (Å²) in [6, 6.07) is 3.16. The number of rotatable bonds is 4. The molecule has 2 unspecified atom stereocenters. The van der Waals surface area contributed by atoms with Crippen molar-refractivity contribution in [1.29, 1.82) is 0 Å². The van der Waals surface area contributed by atoms with E-state index in [9.17, 15) is 35.9 Å². The molecule has 0 aromatic heterocycles. The van der Waals surface area contributed by atoms with Crippen LogP contribution < -0.4 is 5.32 Å². The lowest BCUT2D eigenvalue weighted by molar-refractivity contribution is -0.123. The molecule has 10 heteroatoms. The molecule has 0 bridgehead atoms. The SMILES string of the molecule is CC(C)C(=O)NC1=C(F)C(F)=C(F)C(C)(S(=O)(=O)c2ccc(F)cc2)C1O. The maximum Gasteiger partial charge on any atom is 0.226 e. The number of carbonyl (C=O) groups excluding carboxylic acids is 1. The molecule has 1 aliphatic carbocycles. The molecule has 1 amide bonds. The van der Waals surface area contributed by atoms with E-state index in [-0.39, 0.29) is 0 Å². The first-order valence-electron chi connectivity index (χ1n) is 7.80. The highest BCUT2D eigenvalue weighted by Crippen LogP contribution is 2.45. The summed E-state index contributed by atoms with van der Waals surface area (Å²) in [5, 5.41) is 12.3. The Balaban J connectivity index is 2.65. The van der Waals surface area contributed by atoms with Crippen molar-refractivity contribution in [3.8, 4) is 0 Å². The number of allylic oxidation sites excluding steroid dienone is 2. The number of benzene rings is 1. The van der Waals surface area contributed by atoms with E-state index in [0.717, 1.165) is 24.3 Å². The van der Waals surface area contributed by atoms with Gasteiger partial charge in [0.1, 0.15) is 11.9 Å². The number of aliphatic hydroxyl groups is 1. The molecule has 2 atom stereocenters.